The van der Waals surface area contributed by atoms with Crippen LogP contribution in [-0.4, -0.2) is 41.9 Å². The standard InChI is InChI=1S/C20H25N3O3/c1-13-17(10-15-6-7-16(26-2)11-18(15)22-13)20(25)23-9-3-4-14(12-23)5-8-19(21)24/h6-7,10-11,14H,3-5,8-9,12H2,1-2H3,(H2,21,24). The monoisotopic (exact) mass is 355 g/mol. The lowest BCUT2D eigenvalue weighted by molar-refractivity contribution is -0.118. The molecule has 0 saturated carbocycles. The van der Waals surface area contributed by atoms with Gasteiger partial charge >= 0.3 is 0 Å². The summed E-state index contributed by atoms with van der Waals surface area (Å²) < 4.78 is 5.24. The minimum atomic E-state index is -0.279. The topological polar surface area (TPSA) is 85.5 Å². The molecule has 1 aromatic carbocycles. The Bertz CT molecular complexity index is 834. The van der Waals surface area contributed by atoms with Crippen LogP contribution < -0.4 is 10.5 Å². The molecule has 1 fully saturated rings. The van der Waals surface area contributed by atoms with Crippen molar-refractivity contribution in [1.82, 2.24) is 9.88 Å². The van der Waals surface area contributed by atoms with Crippen LogP contribution in [0.4, 0.5) is 0 Å². The Hall–Kier alpha value is -2.63. The number of hydrogen-bond donors (Lipinski definition) is 1. The number of carbonyl (C=O) groups is 2. The van der Waals surface area contributed by atoms with Gasteiger partial charge in [-0.2, -0.15) is 0 Å². The Kier molecular flexibility index (Phi) is 5.40. The van der Waals surface area contributed by atoms with Gasteiger partial charge in [-0.05, 0) is 50.3 Å². The summed E-state index contributed by atoms with van der Waals surface area (Å²) in [5.74, 6) is 0.810. The Balaban J connectivity index is 1.80. The van der Waals surface area contributed by atoms with Gasteiger partial charge in [0.05, 0.1) is 23.9 Å². The molecule has 2 aromatic rings. The highest BCUT2D eigenvalue weighted by atomic mass is 16.5. The van der Waals surface area contributed by atoms with Crippen molar-refractivity contribution in [1.29, 1.82) is 0 Å². The quantitative estimate of drug-likeness (QED) is 0.893. The van der Waals surface area contributed by atoms with Crippen molar-refractivity contribution in [3.63, 3.8) is 0 Å². The Morgan fingerprint density at radius 1 is 1.35 bits per heavy atom. The molecule has 1 aliphatic heterocycles. The molecule has 0 radical (unpaired) electrons. The number of aryl methyl sites for hydroxylation is 1. The van der Waals surface area contributed by atoms with Crippen LogP contribution in [0.25, 0.3) is 10.9 Å². The number of pyridine rings is 1. The molecular formula is C20H25N3O3. The zero-order chi connectivity index (χ0) is 18.7. The first-order valence-electron chi connectivity index (χ1n) is 9.01. The predicted molar refractivity (Wildman–Crippen MR) is 100 cm³/mol. The molecule has 26 heavy (non-hydrogen) atoms. The molecule has 2 amide bonds. The van der Waals surface area contributed by atoms with Gasteiger partial charge in [0, 0.05) is 31.0 Å². The molecule has 1 aromatic heterocycles. The summed E-state index contributed by atoms with van der Waals surface area (Å²) in [5.41, 5.74) is 7.42. The van der Waals surface area contributed by atoms with Crippen LogP contribution >= 0.6 is 0 Å². The number of carbonyl (C=O) groups excluding carboxylic acids is 2. The van der Waals surface area contributed by atoms with Gasteiger partial charge in [0.2, 0.25) is 5.91 Å². The first kappa shape index (κ1) is 18.2. The highest BCUT2D eigenvalue weighted by Gasteiger charge is 2.26. The second kappa shape index (κ2) is 7.72. The van der Waals surface area contributed by atoms with E-state index in [1.807, 2.05) is 36.1 Å². The van der Waals surface area contributed by atoms with Gasteiger partial charge in [0.1, 0.15) is 5.75 Å². The van der Waals surface area contributed by atoms with Crippen molar-refractivity contribution in [3.05, 3.63) is 35.5 Å². The number of rotatable bonds is 5. The first-order chi connectivity index (χ1) is 12.5. The number of amides is 2. The number of nitrogens with zero attached hydrogens (tertiary/aromatic N) is 2. The summed E-state index contributed by atoms with van der Waals surface area (Å²) in [6.07, 6.45) is 3.11. The van der Waals surface area contributed by atoms with E-state index in [-0.39, 0.29) is 11.8 Å². The maximum atomic E-state index is 13.0. The van der Waals surface area contributed by atoms with Gasteiger partial charge < -0.3 is 15.4 Å². The van der Waals surface area contributed by atoms with Gasteiger partial charge in [-0.3, -0.25) is 14.6 Å². The molecule has 3 rings (SSSR count). The van der Waals surface area contributed by atoms with Crippen LogP contribution in [0.3, 0.4) is 0 Å². The van der Waals surface area contributed by atoms with Gasteiger partial charge in [0.25, 0.3) is 5.91 Å². The fourth-order valence-corrected chi connectivity index (χ4v) is 3.59. The maximum Gasteiger partial charge on any atom is 0.255 e. The normalized spacial score (nSPS) is 17.3. The fourth-order valence-electron chi connectivity index (χ4n) is 3.59. The van der Waals surface area contributed by atoms with Gasteiger partial charge in [-0.25, -0.2) is 0 Å². The van der Waals surface area contributed by atoms with E-state index in [0.717, 1.165) is 48.2 Å². The van der Waals surface area contributed by atoms with Crippen molar-refractivity contribution >= 4 is 22.7 Å². The molecule has 2 N–H and O–H groups in total. The maximum absolute atomic E-state index is 13.0. The number of methoxy groups -OCH3 is 1. The Labute approximate surface area is 153 Å². The van der Waals surface area contributed by atoms with E-state index in [1.54, 1.807) is 7.11 Å². The molecule has 1 atom stereocenters. The summed E-state index contributed by atoms with van der Waals surface area (Å²) in [5, 5.41) is 0.919. The molecule has 6 heteroatoms. The number of hydrogen-bond acceptors (Lipinski definition) is 4. The average molecular weight is 355 g/mol. The summed E-state index contributed by atoms with van der Waals surface area (Å²) in [6, 6.07) is 7.57. The molecule has 1 unspecified atom stereocenters. The Morgan fingerprint density at radius 3 is 2.88 bits per heavy atom. The minimum absolute atomic E-state index is 0.0106. The zero-order valence-corrected chi connectivity index (χ0v) is 15.3. The number of likely N-dealkylation sites (tertiary alicyclic amines) is 1. The van der Waals surface area contributed by atoms with Crippen molar-refractivity contribution in [2.45, 2.75) is 32.6 Å². The lowest BCUT2D eigenvalue weighted by Crippen LogP contribution is -2.40. The SMILES string of the molecule is COc1ccc2cc(C(=O)N3CCCC(CCC(N)=O)C3)c(C)nc2c1. The number of benzene rings is 1. The highest BCUT2D eigenvalue weighted by molar-refractivity contribution is 5.98. The third kappa shape index (κ3) is 3.95. The lowest BCUT2D eigenvalue weighted by atomic mass is 9.92. The van der Waals surface area contributed by atoms with Crippen LogP contribution in [0.5, 0.6) is 5.75 Å². The smallest absolute Gasteiger partial charge is 0.255 e. The minimum Gasteiger partial charge on any atom is -0.497 e. The zero-order valence-electron chi connectivity index (χ0n) is 15.3. The lowest BCUT2D eigenvalue weighted by Gasteiger charge is -2.33. The molecule has 0 bridgehead atoms. The van der Waals surface area contributed by atoms with Gasteiger partial charge in [-0.1, -0.05) is 0 Å². The van der Waals surface area contributed by atoms with Crippen LogP contribution in [0.1, 0.15) is 41.7 Å². The number of aromatic nitrogens is 1. The number of primary amides is 1. The van der Waals surface area contributed by atoms with E-state index >= 15 is 0 Å². The van der Waals surface area contributed by atoms with Crippen LogP contribution in [0.15, 0.2) is 24.3 Å². The molecule has 1 saturated heterocycles. The summed E-state index contributed by atoms with van der Waals surface area (Å²) >= 11 is 0. The number of piperidine rings is 1. The fraction of sp³-hybridized carbons (Fsp3) is 0.450. The van der Waals surface area contributed by atoms with Crippen molar-refractivity contribution in [2.24, 2.45) is 11.7 Å². The second-order valence-electron chi connectivity index (χ2n) is 6.94. The van der Waals surface area contributed by atoms with Crippen molar-refractivity contribution < 1.29 is 14.3 Å². The largest absolute Gasteiger partial charge is 0.497 e. The molecule has 6 nitrogen and oxygen atoms in total. The van der Waals surface area contributed by atoms with Crippen molar-refractivity contribution in [2.75, 3.05) is 20.2 Å². The van der Waals surface area contributed by atoms with Crippen LogP contribution in [0.2, 0.25) is 0 Å². The van der Waals surface area contributed by atoms with Crippen LogP contribution in [-0.2, 0) is 4.79 Å². The number of fused-ring (bicyclic) bond motifs is 1. The average Bonchev–Trinajstić information content (AvgIpc) is 2.65. The molecule has 0 spiro atoms. The number of nitrogens with two attached hydrogens (primary N) is 1. The molecular weight excluding hydrogens is 330 g/mol. The van der Waals surface area contributed by atoms with Gasteiger partial charge in [-0.15, -0.1) is 0 Å². The van der Waals surface area contributed by atoms with E-state index in [1.165, 1.54) is 0 Å². The molecule has 2 heterocycles. The van der Waals surface area contributed by atoms with E-state index in [2.05, 4.69) is 4.98 Å². The summed E-state index contributed by atoms with van der Waals surface area (Å²) in [4.78, 5) is 30.5. The predicted octanol–water partition coefficient (Wildman–Crippen LogP) is 2.67. The third-order valence-corrected chi connectivity index (χ3v) is 5.05. The van der Waals surface area contributed by atoms with E-state index in [9.17, 15) is 9.59 Å². The summed E-state index contributed by atoms with van der Waals surface area (Å²) in [7, 11) is 1.62. The van der Waals surface area contributed by atoms with E-state index in [0.29, 0.717) is 24.4 Å². The molecule has 138 valence electrons. The van der Waals surface area contributed by atoms with E-state index < -0.39 is 0 Å². The third-order valence-electron chi connectivity index (χ3n) is 5.05. The second-order valence-corrected chi connectivity index (χ2v) is 6.94. The van der Waals surface area contributed by atoms with Gasteiger partial charge in [0.15, 0.2) is 0 Å². The first-order valence-corrected chi connectivity index (χ1v) is 9.01. The summed E-state index contributed by atoms with van der Waals surface area (Å²) in [6.45, 7) is 3.28. The Morgan fingerprint density at radius 2 is 2.15 bits per heavy atom. The van der Waals surface area contributed by atoms with E-state index in [4.69, 9.17) is 10.5 Å². The van der Waals surface area contributed by atoms with Crippen LogP contribution in [0, 0.1) is 12.8 Å². The molecule has 1 aliphatic rings. The highest BCUT2D eigenvalue weighted by Crippen LogP contribution is 2.25. The molecule has 0 aliphatic carbocycles. The number of ether oxygens (including phenoxy) is 1. The van der Waals surface area contributed by atoms with Crippen molar-refractivity contribution in [3.8, 4) is 5.75 Å².